The zero-order valence-corrected chi connectivity index (χ0v) is 9.88. The van der Waals surface area contributed by atoms with Crippen molar-refractivity contribution in [3.8, 4) is 0 Å². The predicted octanol–water partition coefficient (Wildman–Crippen LogP) is 2.62. The molecule has 0 saturated carbocycles. The van der Waals surface area contributed by atoms with E-state index in [1.165, 1.54) is 26.0 Å². The number of nitrogens with zero attached hydrogens (tertiary/aromatic N) is 1. The number of hydrogen-bond donors (Lipinski definition) is 2. The summed E-state index contributed by atoms with van der Waals surface area (Å²) in [4.78, 5) is 14.2. The van der Waals surface area contributed by atoms with E-state index in [0.717, 1.165) is 6.07 Å². The summed E-state index contributed by atoms with van der Waals surface area (Å²) in [6.45, 7) is 2.92. The minimum absolute atomic E-state index is 0.000787. The first-order valence-corrected chi connectivity index (χ1v) is 5.14. The van der Waals surface area contributed by atoms with E-state index in [1.54, 1.807) is 0 Å². The Kier molecular flexibility index (Phi) is 3.83. The maximum Gasteiger partial charge on any atom is 0.433 e. The summed E-state index contributed by atoms with van der Waals surface area (Å²) in [5, 5.41) is 11.4. The number of carboxylic acid groups (broad SMARTS) is 1. The number of alkyl halides is 3. The van der Waals surface area contributed by atoms with Gasteiger partial charge in [0, 0.05) is 6.54 Å². The average Bonchev–Trinajstić information content (AvgIpc) is 2.25. The van der Waals surface area contributed by atoms with Gasteiger partial charge in [0.1, 0.15) is 11.5 Å². The van der Waals surface area contributed by atoms with Gasteiger partial charge in [0.15, 0.2) is 0 Å². The number of nitrogens with one attached hydrogen (secondary N) is 1. The second-order valence-electron chi connectivity index (χ2n) is 4.45. The van der Waals surface area contributed by atoms with Crippen LogP contribution in [0, 0.1) is 5.41 Å². The topological polar surface area (TPSA) is 62.2 Å². The van der Waals surface area contributed by atoms with Crippen molar-refractivity contribution in [2.24, 2.45) is 5.41 Å². The molecular weight excluding hydrogens is 249 g/mol. The van der Waals surface area contributed by atoms with Crippen LogP contribution in [-0.2, 0) is 11.0 Å². The van der Waals surface area contributed by atoms with Crippen LogP contribution in [0.1, 0.15) is 19.5 Å². The molecule has 0 saturated heterocycles. The second-order valence-corrected chi connectivity index (χ2v) is 4.45. The molecule has 0 spiro atoms. The number of carboxylic acids is 1. The van der Waals surface area contributed by atoms with Crippen LogP contribution in [0.3, 0.4) is 0 Å². The van der Waals surface area contributed by atoms with Gasteiger partial charge < -0.3 is 10.4 Å². The molecule has 100 valence electrons. The van der Waals surface area contributed by atoms with Crippen LogP contribution in [0.2, 0.25) is 0 Å². The lowest BCUT2D eigenvalue weighted by molar-refractivity contribution is -0.146. The van der Waals surface area contributed by atoms with Crippen LogP contribution in [0.5, 0.6) is 0 Å². The molecule has 1 aromatic rings. The molecule has 0 amide bonds. The molecule has 0 radical (unpaired) electrons. The molecule has 1 aromatic heterocycles. The molecule has 1 heterocycles. The fourth-order valence-electron chi connectivity index (χ4n) is 1.08. The molecule has 0 unspecified atom stereocenters. The van der Waals surface area contributed by atoms with Gasteiger partial charge in [0.05, 0.1) is 5.41 Å². The number of anilines is 1. The fraction of sp³-hybridized carbons (Fsp3) is 0.455. The maximum absolute atomic E-state index is 12.4. The predicted molar refractivity (Wildman–Crippen MR) is 59.1 cm³/mol. The summed E-state index contributed by atoms with van der Waals surface area (Å²) in [6, 6.07) is 3.42. The van der Waals surface area contributed by atoms with Crippen molar-refractivity contribution in [1.29, 1.82) is 0 Å². The fourth-order valence-corrected chi connectivity index (χ4v) is 1.08. The summed E-state index contributed by atoms with van der Waals surface area (Å²) < 4.78 is 37.2. The van der Waals surface area contributed by atoms with Gasteiger partial charge in [-0.1, -0.05) is 6.07 Å². The van der Waals surface area contributed by atoms with Crippen molar-refractivity contribution in [1.82, 2.24) is 4.98 Å². The molecule has 7 heteroatoms. The Hall–Kier alpha value is -1.79. The standard InChI is InChI=1S/C11H13F3N2O2/c1-10(2,9(17)18)6-15-8-5-3-4-7(16-8)11(12,13)14/h3-5H,6H2,1-2H3,(H,15,16)(H,17,18). The van der Waals surface area contributed by atoms with Gasteiger partial charge in [-0.15, -0.1) is 0 Å². The van der Waals surface area contributed by atoms with E-state index < -0.39 is 23.3 Å². The van der Waals surface area contributed by atoms with Gasteiger partial charge in [-0.25, -0.2) is 4.98 Å². The van der Waals surface area contributed by atoms with Crippen molar-refractivity contribution in [3.63, 3.8) is 0 Å². The number of pyridine rings is 1. The second kappa shape index (κ2) is 4.83. The van der Waals surface area contributed by atoms with Crippen molar-refractivity contribution in [2.45, 2.75) is 20.0 Å². The van der Waals surface area contributed by atoms with Gasteiger partial charge >= 0.3 is 12.1 Å². The number of rotatable bonds is 4. The number of carbonyl (C=O) groups is 1. The lowest BCUT2D eigenvalue weighted by atomic mass is 9.94. The van der Waals surface area contributed by atoms with Gasteiger partial charge in [0.2, 0.25) is 0 Å². The van der Waals surface area contributed by atoms with Crippen LogP contribution in [0.15, 0.2) is 18.2 Å². The summed E-state index contributed by atoms with van der Waals surface area (Å²) in [5.74, 6) is -1.04. The number of hydrogen-bond acceptors (Lipinski definition) is 3. The molecule has 0 bridgehead atoms. The van der Waals surface area contributed by atoms with E-state index in [9.17, 15) is 18.0 Å². The van der Waals surface area contributed by atoms with E-state index in [0.29, 0.717) is 0 Å². The summed E-state index contributed by atoms with van der Waals surface area (Å²) in [7, 11) is 0. The third-order valence-electron chi connectivity index (χ3n) is 2.33. The number of aliphatic carboxylic acids is 1. The molecule has 0 aliphatic rings. The Balaban J connectivity index is 2.78. The van der Waals surface area contributed by atoms with E-state index in [-0.39, 0.29) is 12.4 Å². The highest BCUT2D eigenvalue weighted by molar-refractivity contribution is 5.74. The molecule has 0 fully saturated rings. The van der Waals surface area contributed by atoms with Crippen LogP contribution in [0.25, 0.3) is 0 Å². The Morgan fingerprint density at radius 3 is 2.50 bits per heavy atom. The Labute approximate surface area is 102 Å². The lowest BCUT2D eigenvalue weighted by Gasteiger charge is -2.20. The highest BCUT2D eigenvalue weighted by Gasteiger charge is 2.32. The van der Waals surface area contributed by atoms with Crippen LogP contribution < -0.4 is 5.32 Å². The van der Waals surface area contributed by atoms with Gasteiger partial charge in [-0.05, 0) is 26.0 Å². The molecule has 2 N–H and O–H groups in total. The number of aromatic nitrogens is 1. The highest BCUT2D eigenvalue weighted by atomic mass is 19.4. The first-order valence-electron chi connectivity index (χ1n) is 5.14. The van der Waals surface area contributed by atoms with E-state index >= 15 is 0 Å². The van der Waals surface area contributed by atoms with Gasteiger partial charge in [-0.2, -0.15) is 13.2 Å². The normalized spacial score (nSPS) is 12.3. The number of halogens is 3. The quantitative estimate of drug-likeness (QED) is 0.875. The smallest absolute Gasteiger partial charge is 0.433 e. The summed E-state index contributed by atoms with van der Waals surface area (Å²) in [6.07, 6.45) is -4.51. The minimum Gasteiger partial charge on any atom is -0.481 e. The van der Waals surface area contributed by atoms with Crippen LogP contribution in [-0.4, -0.2) is 22.6 Å². The van der Waals surface area contributed by atoms with Crippen molar-refractivity contribution in [3.05, 3.63) is 23.9 Å². The van der Waals surface area contributed by atoms with E-state index in [4.69, 9.17) is 5.11 Å². The SMILES string of the molecule is CC(C)(CNc1cccc(C(F)(F)F)n1)C(=O)O. The van der Waals surface area contributed by atoms with Crippen molar-refractivity contribution in [2.75, 3.05) is 11.9 Å². The van der Waals surface area contributed by atoms with Gasteiger partial charge in [0.25, 0.3) is 0 Å². The third kappa shape index (κ3) is 3.61. The molecule has 0 aliphatic heterocycles. The molecule has 0 aromatic carbocycles. The first-order chi connectivity index (χ1) is 8.13. The molecule has 0 aliphatic carbocycles. The largest absolute Gasteiger partial charge is 0.481 e. The third-order valence-corrected chi connectivity index (χ3v) is 2.33. The zero-order valence-electron chi connectivity index (χ0n) is 9.88. The average molecular weight is 262 g/mol. The zero-order chi connectivity index (χ0) is 14.0. The Morgan fingerprint density at radius 2 is 2.00 bits per heavy atom. The van der Waals surface area contributed by atoms with Crippen LogP contribution >= 0.6 is 0 Å². The first kappa shape index (κ1) is 14.3. The van der Waals surface area contributed by atoms with Crippen molar-refractivity contribution >= 4 is 11.8 Å². The lowest BCUT2D eigenvalue weighted by Crippen LogP contribution is -2.32. The Morgan fingerprint density at radius 1 is 1.39 bits per heavy atom. The highest BCUT2D eigenvalue weighted by Crippen LogP contribution is 2.28. The molecule has 0 atom stereocenters. The molecular formula is C11H13F3N2O2. The minimum atomic E-state index is -4.51. The van der Waals surface area contributed by atoms with Gasteiger partial charge in [-0.3, -0.25) is 4.79 Å². The molecule has 1 rings (SSSR count). The van der Waals surface area contributed by atoms with Crippen molar-refractivity contribution < 1.29 is 23.1 Å². The summed E-state index contributed by atoms with van der Waals surface area (Å²) in [5.41, 5.74) is -2.10. The summed E-state index contributed by atoms with van der Waals surface area (Å²) >= 11 is 0. The maximum atomic E-state index is 12.4. The Bertz CT molecular complexity index is 444. The monoisotopic (exact) mass is 262 g/mol. The molecule has 18 heavy (non-hydrogen) atoms. The van der Waals surface area contributed by atoms with E-state index in [2.05, 4.69) is 10.3 Å². The molecule has 4 nitrogen and oxygen atoms in total. The van der Waals surface area contributed by atoms with E-state index in [1.807, 2.05) is 0 Å². The van der Waals surface area contributed by atoms with Crippen LogP contribution in [0.4, 0.5) is 19.0 Å².